The van der Waals surface area contributed by atoms with Crippen molar-refractivity contribution in [2.24, 2.45) is 5.73 Å². The van der Waals surface area contributed by atoms with Gasteiger partial charge in [0, 0.05) is 5.38 Å². The lowest BCUT2D eigenvalue weighted by atomic mass is 10.2. The molecule has 1 atom stereocenters. The third kappa shape index (κ3) is 6.45. The van der Waals surface area contributed by atoms with E-state index in [0.29, 0.717) is 17.9 Å². The number of aromatic nitrogens is 1. The Kier molecular flexibility index (Phi) is 6.96. The summed E-state index contributed by atoms with van der Waals surface area (Å²) in [7, 11) is 0. The minimum atomic E-state index is -0.994. The number of carbonyl (C=O) groups excluding carboxylic acids is 2. The van der Waals surface area contributed by atoms with Crippen LogP contribution in [-0.2, 0) is 16.0 Å². The molecule has 1 rings (SSSR count). The van der Waals surface area contributed by atoms with E-state index in [1.807, 2.05) is 6.26 Å². The summed E-state index contributed by atoms with van der Waals surface area (Å²) < 4.78 is 0. The summed E-state index contributed by atoms with van der Waals surface area (Å²) in [5.41, 5.74) is 5.41. The molecule has 0 saturated heterocycles. The Morgan fingerprint density at radius 2 is 2.24 bits per heavy atom. The van der Waals surface area contributed by atoms with Crippen molar-refractivity contribution in [3.8, 4) is 0 Å². The SMILES string of the molecule is CSCCC(NC(N)=O)C(=O)Nc1nc(CC(=O)O)cs1. The number of thiazole rings is 1. The number of nitrogens with zero attached hydrogens (tertiary/aromatic N) is 1. The molecule has 0 radical (unpaired) electrons. The second-order valence-electron chi connectivity index (χ2n) is 4.05. The number of primary amides is 1. The molecular formula is C11H16N4O4S2. The van der Waals surface area contributed by atoms with E-state index in [-0.39, 0.29) is 11.6 Å². The Labute approximate surface area is 129 Å². The number of aliphatic carboxylic acids is 1. The van der Waals surface area contributed by atoms with Crippen LogP contribution in [0.2, 0.25) is 0 Å². The van der Waals surface area contributed by atoms with E-state index in [4.69, 9.17) is 10.8 Å². The molecule has 3 amide bonds. The van der Waals surface area contributed by atoms with Gasteiger partial charge in [-0.25, -0.2) is 9.78 Å². The molecule has 116 valence electrons. The summed E-state index contributed by atoms with van der Waals surface area (Å²) >= 11 is 2.67. The number of hydrogen-bond donors (Lipinski definition) is 4. The van der Waals surface area contributed by atoms with E-state index < -0.39 is 23.9 Å². The normalized spacial score (nSPS) is 11.7. The molecule has 10 heteroatoms. The molecule has 5 N–H and O–H groups in total. The standard InChI is InChI=1S/C11H16N4O4S2/c1-20-3-2-7(14-10(12)19)9(18)15-11-13-6(5-21-11)4-8(16)17/h5,7H,2-4H2,1H3,(H,16,17)(H3,12,14,19)(H,13,15,18). The molecule has 0 aliphatic rings. The van der Waals surface area contributed by atoms with Gasteiger partial charge in [-0.1, -0.05) is 0 Å². The Hall–Kier alpha value is -1.81. The fourth-order valence-electron chi connectivity index (χ4n) is 1.47. The molecule has 1 aromatic heterocycles. The zero-order valence-corrected chi connectivity index (χ0v) is 12.9. The summed E-state index contributed by atoms with van der Waals surface area (Å²) in [6.45, 7) is 0. The second-order valence-corrected chi connectivity index (χ2v) is 5.89. The third-order valence-electron chi connectivity index (χ3n) is 2.36. The van der Waals surface area contributed by atoms with Crippen LogP contribution in [0.25, 0.3) is 0 Å². The van der Waals surface area contributed by atoms with Crippen molar-refractivity contribution < 1.29 is 19.5 Å². The average molecular weight is 332 g/mol. The highest BCUT2D eigenvalue weighted by Crippen LogP contribution is 2.16. The van der Waals surface area contributed by atoms with Gasteiger partial charge in [0.15, 0.2) is 5.13 Å². The van der Waals surface area contributed by atoms with Crippen LogP contribution in [0.15, 0.2) is 5.38 Å². The molecular weight excluding hydrogens is 316 g/mol. The molecule has 0 fully saturated rings. The van der Waals surface area contributed by atoms with E-state index in [0.717, 1.165) is 11.3 Å². The van der Waals surface area contributed by atoms with E-state index in [9.17, 15) is 14.4 Å². The number of amides is 3. The first-order chi connectivity index (χ1) is 9.92. The molecule has 21 heavy (non-hydrogen) atoms. The lowest BCUT2D eigenvalue weighted by Crippen LogP contribution is -2.46. The van der Waals surface area contributed by atoms with Gasteiger partial charge in [0.25, 0.3) is 0 Å². The van der Waals surface area contributed by atoms with Gasteiger partial charge in [0.05, 0.1) is 12.1 Å². The van der Waals surface area contributed by atoms with Crippen molar-refractivity contribution in [2.75, 3.05) is 17.3 Å². The number of carbonyl (C=O) groups is 3. The zero-order valence-electron chi connectivity index (χ0n) is 11.3. The molecule has 1 heterocycles. The molecule has 0 bridgehead atoms. The van der Waals surface area contributed by atoms with Crippen molar-refractivity contribution >= 4 is 46.1 Å². The number of thioether (sulfide) groups is 1. The summed E-state index contributed by atoms with van der Waals surface area (Å²) in [5, 5.41) is 15.4. The average Bonchev–Trinajstić information content (AvgIpc) is 2.80. The number of rotatable bonds is 8. The number of anilines is 1. The quantitative estimate of drug-likeness (QED) is 0.547. The number of nitrogens with one attached hydrogen (secondary N) is 2. The largest absolute Gasteiger partial charge is 0.481 e. The fraction of sp³-hybridized carbons (Fsp3) is 0.455. The molecule has 0 aliphatic carbocycles. The van der Waals surface area contributed by atoms with Gasteiger partial charge in [-0.05, 0) is 18.4 Å². The lowest BCUT2D eigenvalue weighted by molar-refractivity contribution is -0.136. The van der Waals surface area contributed by atoms with Crippen LogP contribution in [0.3, 0.4) is 0 Å². The Morgan fingerprint density at radius 3 is 2.81 bits per heavy atom. The maximum atomic E-state index is 12.0. The van der Waals surface area contributed by atoms with E-state index in [1.54, 1.807) is 17.1 Å². The number of nitrogens with two attached hydrogens (primary N) is 1. The number of carboxylic acids is 1. The third-order valence-corrected chi connectivity index (χ3v) is 3.81. The van der Waals surface area contributed by atoms with Crippen LogP contribution in [0.1, 0.15) is 12.1 Å². The first kappa shape index (κ1) is 17.2. The summed E-state index contributed by atoms with van der Waals surface area (Å²) in [5.74, 6) is -0.744. The molecule has 8 nitrogen and oxygen atoms in total. The topological polar surface area (TPSA) is 134 Å². The monoisotopic (exact) mass is 332 g/mol. The smallest absolute Gasteiger partial charge is 0.312 e. The van der Waals surface area contributed by atoms with Crippen molar-refractivity contribution in [2.45, 2.75) is 18.9 Å². The highest BCUT2D eigenvalue weighted by atomic mass is 32.2. The predicted molar refractivity (Wildman–Crippen MR) is 81.6 cm³/mol. The minimum Gasteiger partial charge on any atom is -0.481 e. The van der Waals surface area contributed by atoms with Crippen LogP contribution in [0, 0.1) is 0 Å². The van der Waals surface area contributed by atoms with Crippen LogP contribution >= 0.6 is 23.1 Å². The minimum absolute atomic E-state index is 0.207. The van der Waals surface area contributed by atoms with Gasteiger partial charge >= 0.3 is 12.0 Å². The first-order valence-electron chi connectivity index (χ1n) is 5.94. The summed E-state index contributed by atoms with van der Waals surface area (Å²) in [6.07, 6.45) is 2.11. The van der Waals surface area contributed by atoms with Crippen LogP contribution in [0.5, 0.6) is 0 Å². The Morgan fingerprint density at radius 1 is 1.52 bits per heavy atom. The maximum Gasteiger partial charge on any atom is 0.312 e. The van der Waals surface area contributed by atoms with Crippen molar-refractivity contribution in [1.29, 1.82) is 0 Å². The van der Waals surface area contributed by atoms with E-state index in [2.05, 4.69) is 15.6 Å². The van der Waals surface area contributed by atoms with Gasteiger partial charge in [-0.3, -0.25) is 9.59 Å². The maximum absolute atomic E-state index is 12.0. The van der Waals surface area contributed by atoms with Crippen LogP contribution in [0.4, 0.5) is 9.93 Å². The second kappa shape index (κ2) is 8.47. The molecule has 0 aromatic carbocycles. The Balaban J connectivity index is 2.64. The predicted octanol–water partition coefficient (Wildman–Crippen LogP) is 0.499. The molecule has 0 saturated carbocycles. The van der Waals surface area contributed by atoms with E-state index >= 15 is 0 Å². The van der Waals surface area contributed by atoms with Crippen molar-refractivity contribution in [1.82, 2.24) is 10.3 Å². The first-order valence-corrected chi connectivity index (χ1v) is 8.21. The van der Waals surface area contributed by atoms with Crippen molar-refractivity contribution in [3.05, 3.63) is 11.1 Å². The van der Waals surface area contributed by atoms with Crippen LogP contribution in [-0.4, -0.2) is 46.0 Å². The Bertz CT molecular complexity index is 520. The van der Waals surface area contributed by atoms with E-state index in [1.165, 1.54) is 0 Å². The fourth-order valence-corrected chi connectivity index (χ4v) is 2.65. The molecule has 1 aromatic rings. The van der Waals surface area contributed by atoms with Gasteiger partial charge < -0.3 is 21.5 Å². The summed E-state index contributed by atoms with van der Waals surface area (Å²) in [6, 6.07) is -1.52. The molecule has 0 aliphatic heterocycles. The number of urea groups is 1. The summed E-state index contributed by atoms with van der Waals surface area (Å²) in [4.78, 5) is 37.5. The van der Waals surface area contributed by atoms with Gasteiger partial charge in [0.2, 0.25) is 5.91 Å². The molecule has 1 unspecified atom stereocenters. The van der Waals surface area contributed by atoms with Gasteiger partial charge in [-0.15, -0.1) is 11.3 Å². The highest BCUT2D eigenvalue weighted by Gasteiger charge is 2.20. The highest BCUT2D eigenvalue weighted by molar-refractivity contribution is 7.98. The van der Waals surface area contributed by atoms with Crippen LogP contribution < -0.4 is 16.4 Å². The lowest BCUT2D eigenvalue weighted by Gasteiger charge is -2.15. The van der Waals surface area contributed by atoms with Gasteiger partial charge in [-0.2, -0.15) is 11.8 Å². The van der Waals surface area contributed by atoms with Crippen molar-refractivity contribution in [3.63, 3.8) is 0 Å². The number of carboxylic acid groups (broad SMARTS) is 1. The molecule has 0 spiro atoms. The number of hydrogen-bond acceptors (Lipinski definition) is 6. The van der Waals surface area contributed by atoms with Gasteiger partial charge in [0.1, 0.15) is 6.04 Å². The zero-order chi connectivity index (χ0) is 15.8.